The number of ether oxygens (including phenoxy) is 2. The highest BCUT2D eigenvalue weighted by atomic mass is 16.5. The maximum atomic E-state index is 12.7. The van der Waals surface area contributed by atoms with E-state index in [0.29, 0.717) is 6.04 Å². The quantitative estimate of drug-likeness (QED) is 0.743. The molecule has 0 radical (unpaired) electrons. The highest BCUT2D eigenvalue weighted by Gasteiger charge is 2.26. The number of rotatable bonds is 7. The molecule has 0 unspecified atom stereocenters. The summed E-state index contributed by atoms with van der Waals surface area (Å²) in [6, 6.07) is 14.3. The van der Waals surface area contributed by atoms with Crippen LogP contribution in [-0.4, -0.2) is 62.8 Å². The van der Waals surface area contributed by atoms with Gasteiger partial charge in [-0.3, -0.25) is 0 Å². The highest BCUT2D eigenvalue weighted by Crippen LogP contribution is 2.28. The zero-order valence-electron chi connectivity index (χ0n) is 18.5. The number of methoxy groups -OCH3 is 2. The summed E-state index contributed by atoms with van der Waals surface area (Å²) in [7, 11) is 5.45. The number of aryl methyl sites for hydroxylation is 1. The number of nitrogens with one attached hydrogen (secondary N) is 1. The summed E-state index contributed by atoms with van der Waals surface area (Å²) in [4.78, 5) is 17.0. The third-order valence-corrected chi connectivity index (χ3v) is 5.78. The molecule has 1 atom stereocenters. The fourth-order valence-electron chi connectivity index (χ4n) is 3.95. The molecule has 0 spiro atoms. The van der Waals surface area contributed by atoms with Gasteiger partial charge in [0.2, 0.25) is 0 Å². The maximum absolute atomic E-state index is 12.7. The predicted molar refractivity (Wildman–Crippen MR) is 121 cm³/mol. The molecule has 2 aromatic rings. The van der Waals surface area contributed by atoms with Gasteiger partial charge < -0.3 is 24.6 Å². The van der Waals surface area contributed by atoms with Gasteiger partial charge in [0.15, 0.2) is 11.5 Å². The molecule has 0 bridgehead atoms. The van der Waals surface area contributed by atoms with Gasteiger partial charge in [0.1, 0.15) is 0 Å². The van der Waals surface area contributed by atoms with Crippen molar-refractivity contribution in [1.29, 1.82) is 0 Å². The molecule has 1 fully saturated rings. The summed E-state index contributed by atoms with van der Waals surface area (Å²) in [6.07, 6.45) is 3.05. The number of hydrogen-bond acceptors (Lipinski definition) is 4. The van der Waals surface area contributed by atoms with Crippen molar-refractivity contribution in [2.75, 3.05) is 46.2 Å². The zero-order valence-corrected chi connectivity index (χ0v) is 18.5. The lowest BCUT2D eigenvalue weighted by molar-refractivity contribution is 0.133. The molecule has 0 saturated carbocycles. The van der Waals surface area contributed by atoms with Crippen molar-refractivity contribution >= 4 is 11.7 Å². The first-order valence-electron chi connectivity index (χ1n) is 10.5. The van der Waals surface area contributed by atoms with Gasteiger partial charge in [0.25, 0.3) is 0 Å². The first kappa shape index (κ1) is 22.0. The molecule has 1 saturated heterocycles. The number of likely N-dealkylation sites (tertiary alicyclic amines) is 1. The Morgan fingerprint density at radius 3 is 2.70 bits per heavy atom. The number of urea groups is 1. The third kappa shape index (κ3) is 5.66. The SMILES string of the molecule is COc1ccc(CCN(C)[C@H]2CCCN(C(=O)Nc3cccc(C)c3)C2)cc1OC. The molecule has 30 heavy (non-hydrogen) atoms. The molecule has 1 aliphatic heterocycles. The number of likely N-dealkylation sites (N-methyl/N-ethyl adjacent to an activating group) is 1. The molecule has 1 aliphatic rings. The van der Waals surface area contributed by atoms with Gasteiger partial charge in [-0.2, -0.15) is 0 Å². The summed E-state index contributed by atoms with van der Waals surface area (Å²) >= 11 is 0. The highest BCUT2D eigenvalue weighted by molar-refractivity contribution is 5.89. The molecular weight excluding hydrogens is 378 g/mol. The molecule has 6 nitrogen and oxygen atoms in total. The fourth-order valence-corrected chi connectivity index (χ4v) is 3.95. The predicted octanol–water partition coefficient (Wildman–Crippen LogP) is 4.18. The van der Waals surface area contributed by atoms with E-state index in [4.69, 9.17) is 9.47 Å². The van der Waals surface area contributed by atoms with Crippen LogP contribution in [0, 0.1) is 6.92 Å². The van der Waals surface area contributed by atoms with E-state index in [0.717, 1.165) is 61.6 Å². The fraction of sp³-hybridized carbons (Fsp3) is 0.458. The summed E-state index contributed by atoms with van der Waals surface area (Å²) in [6.45, 7) is 4.51. The lowest BCUT2D eigenvalue weighted by atomic mass is 10.0. The van der Waals surface area contributed by atoms with Crippen molar-refractivity contribution < 1.29 is 14.3 Å². The Kier molecular flexibility index (Phi) is 7.57. The number of anilines is 1. The number of carbonyl (C=O) groups is 1. The first-order chi connectivity index (χ1) is 14.5. The number of hydrogen-bond donors (Lipinski definition) is 1. The van der Waals surface area contributed by atoms with E-state index >= 15 is 0 Å². The molecule has 2 amide bonds. The van der Waals surface area contributed by atoms with E-state index in [1.807, 2.05) is 48.2 Å². The zero-order chi connectivity index (χ0) is 21.5. The van der Waals surface area contributed by atoms with Crippen molar-refractivity contribution in [1.82, 2.24) is 9.80 Å². The van der Waals surface area contributed by atoms with Crippen LogP contribution in [0.4, 0.5) is 10.5 Å². The molecule has 6 heteroatoms. The van der Waals surface area contributed by atoms with Crippen LogP contribution in [0.5, 0.6) is 11.5 Å². The number of nitrogens with zero attached hydrogens (tertiary/aromatic N) is 2. The minimum absolute atomic E-state index is 0.0152. The van der Waals surface area contributed by atoms with Crippen LogP contribution in [0.2, 0.25) is 0 Å². The second kappa shape index (κ2) is 10.3. The topological polar surface area (TPSA) is 54.0 Å². The summed E-state index contributed by atoms with van der Waals surface area (Å²) in [5.41, 5.74) is 3.20. The number of piperidine rings is 1. The third-order valence-electron chi connectivity index (χ3n) is 5.78. The molecular formula is C24H33N3O3. The number of benzene rings is 2. The van der Waals surface area contributed by atoms with Crippen molar-refractivity contribution in [3.05, 3.63) is 53.6 Å². The average Bonchev–Trinajstić information content (AvgIpc) is 2.77. The van der Waals surface area contributed by atoms with Crippen LogP contribution in [0.15, 0.2) is 42.5 Å². The molecule has 0 aliphatic carbocycles. The van der Waals surface area contributed by atoms with E-state index in [9.17, 15) is 4.79 Å². The van der Waals surface area contributed by atoms with Crippen LogP contribution < -0.4 is 14.8 Å². The van der Waals surface area contributed by atoms with Gasteiger partial charge in [0, 0.05) is 31.4 Å². The second-order valence-corrected chi connectivity index (χ2v) is 7.96. The van der Waals surface area contributed by atoms with Crippen molar-refractivity contribution in [3.8, 4) is 11.5 Å². The minimum Gasteiger partial charge on any atom is -0.493 e. The Labute approximate surface area is 179 Å². The summed E-state index contributed by atoms with van der Waals surface area (Å²) in [5, 5.41) is 3.04. The van der Waals surface area contributed by atoms with Gasteiger partial charge in [-0.25, -0.2) is 4.79 Å². The van der Waals surface area contributed by atoms with E-state index in [2.05, 4.69) is 23.3 Å². The molecule has 0 aromatic heterocycles. The van der Waals surface area contributed by atoms with Crippen LogP contribution in [0.25, 0.3) is 0 Å². The molecule has 162 valence electrons. The Hall–Kier alpha value is -2.73. The van der Waals surface area contributed by atoms with E-state index < -0.39 is 0 Å². The van der Waals surface area contributed by atoms with Gasteiger partial charge in [0.05, 0.1) is 14.2 Å². The van der Waals surface area contributed by atoms with Gasteiger partial charge in [-0.05, 0) is 68.6 Å². The van der Waals surface area contributed by atoms with Crippen molar-refractivity contribution in [3.63, 3.8) is 0 Å². The van der Waals surface area contributed by atoms with E-state index in [-0.39, 0.29) is 6.03 Å². The smallest absolute Gasteiger partial charge is 0.321 e. The monoisotopic (exact) mass is 411 g/mol. The van der Waals surface area contributed by atoms with E-state index in [1.54, 1.807) is 14.2 Å². The first-order valence-corrected chi connectivity index (χ1v) is 10.5. The second-order valence-electron chi connectivity index (χ2n) is 7.96. The lowest BCUT2D eigenvalue weighted by Gasteiger charge is -2.37. The average molecular weight is 412 g/mol. The number of amides is 2. The molecule has 2 aromatic carbocycles. The largest absolute Gasteiger partial charge is 0.493 e. The van der Waals surface area contributed by atoms with Crippen LogP contribution in [-0.2, 0) is 6.42 Å². The van der Waals surface area contributed by atoms with Gasteiger partial charge >= 0.3 is 6.03 Å². The Morgan fingerprint density at radius 2 is 1.97 bits per heavy atom. The Morgan fingerprint density at radius 1 is 1.17 bits per heavy atom. The van der Waals surface area contributed by atoms with E-state index in [1.165, 1.54) is 5.56 Å². The van der Waals surface area contributed by atoms with Crippen LogP contribution in [0.1, 0.15) is 24.0 Å². The standard InChI is InChI=1S/C24H33N3O3/c1-18-7-5-8-20(15-18)25-24(28)27-13-6-9-21(17-27)26(2)14-12-19-10-11-22(29-3)23(16-19)30-4/h5,7-8,10-11,15-16,21H,6,9,12-14,17H2,1-4H3,(H,25,28)/t21-/m0/s1. The van der Waals surface area contributed by atoms with Gasteiger partial charge in [-0.15, -0.1) is 0 Å². The molecule has 3 rings (SSSR count). The number of carbonyl (C=O) groups excluding carboxylic acids is 1. The normalized spacial score (nSPS) is 16.4. The van der Waals surface area contributed by atoms with Crippen LogP contribution >= 0.6 is 0 Å². The summed E-state index contributed by atoms with van der Waals surface area (Å²) < 4.78 is 10.7. The maximum Gasteiger partial charge on any atom is 0.321 e. The minimum atomic E-state index is -0.0152. The van der Waals surface area contributed by atoms with Crippen molar-refractivity contribution in [2.24, 2.45) is 0 Å². The molecule has 1 heterocycles. The Bertz CT molecular complexity index is 855. The van der Waals surface area contributed by atoms with Crippen LogP contribution in [0.3, 0.4) is 0 Å². The summed E-state index contributed by atoms with van der Waals surface area (Å²) in [5.74, 6) is 1.51. The molecule has 1 N–H and O–H groups in total. The van der Waals surface area contributed by atoms with Crippen molar-refractivity contribution in [2.45, 2.75) is 32.2 Å². The van der Waals surface area contributed by atoms with Gasteiger partial charge in [-0.1, -0.05) is 18.2 Å². The Balaban J connectivity index is 1.53. The lowest BCUT2D eigenvalue weighted by Crippen LogP contribution is -2.50.